The van der Waals surface area contributed by atoms with Crippen molar-refractivity contribution in [1.82, 2.24) is 9.62 Å². The number of carbonyl (C=O) groups excluding carboxylic acids is 1. The highest BCUT2D eigenvalue weighted by Crippen LogP contribution is 2.24. The molecule has 0 aromatic heterocycles. The van der Waals surface area contributed by atoms with Crippen LogP contribution in [0.2, 0.25) is 0 Å². The van der Waals surface area contributed by atoms with Gasteiger partial charge < -0.3 is 14.8 Å². The summed E-state index contributed by atoms with van der Waals surface area (Å²) < 4.78 is 50.6. The number of halogens is 1. The van der Waals surface area contributed by atoms with Gasteiger partial charge >= 0.3 is 0 Å². The Hall–Kier alpha value is -2.65. The highest BCUT2D eigenvalue weighted by molar-refractivity contribution is 7.89. The first kappa shape index (κ1) is 22.0. The van der Waals surface area contributed by atoms with Crippen molar-refractivity contribution < 1.29 is 27.1 Å². The van der Waals surface area contributed by atoms with Crippen LogP contribution in [0, 0.1) is 11.7 Å². The molecule has 0 spiro atoms. The third kappa shape index (κ3) is 5.48. The minimum Gasteiger partial charge on any atom is -0.497 e. The van der Waals surface area contributed by atoms with E-state index in [0.717, 1.165) is 17.9 Å². The largest absolute Gasteiger partial charge is 0.497 e. The Labute approximate surface area is 175 Å². The molecule has 1 heterocycles. The number of benzene rings is 2. The monoisotopic (exact) mass is 436 g/mol. The highest BCUT2D eigenvalue weighted by atomic mass is 32.2. The Morgan fingerprint density at radius 3 is 2.47 bits per heavy atom. The molecule has 1 amide bonds. The van der Waals surface area contributed by atoms with Crippen molar-refractivity contribution in [2.45, 2.75) is 17.7 Å². The molecule has 0 saturated carbocycles. The van der Waals surface area contributed by atoms with Crippen LogP contribution >= 0.6 is 0 Å². The summed E-state index contributed by atoms with van der Waals surface area (Å²) in [6, 6.07) is 11.8. The Bertz CT molecular complexity index is 948. The number of sulfonamides is 1. The van der Waals surface area contributed by atoms with Gasteiger partial charge in [0.25, 0.3) is 0 Å². The van der Waals surface area contributed by atoms with Crippen LogP contribution in [-0.4, -0.2) is 52.0 Å². The van der Waals surface area contributed by atoms with Gasteiger partial charge in [-0.1, -0.05) is 0 Å². The van der Waals surface area contributed by atoms with Gasteiger partial charge in [0.05, 0.1) is 24.5 Å². The summed E-state index contributed by atoms with van der Waals surface area (Å²) in [6.45, 7) is 1.05. The fourth-order valence-corrected chi connectivity index (χ4v) is 4.81. The molecule has 1 fully saturated rings. The molecule has 1 N–H and O–H groups in total. The number of ether oxygens (including phenoxy) is 2. The molecule has 0 bridgehead atoms. The Morgan fingerprint density at radius 2 is 1.80 bits per heavy atom. The number of hydrogen-bond donors (Lipinski definition) is 1. The van der Waals surface area contributed by atoms with Crippen LogP contribution in [0.5, 0.6) is 11.5 Å². The van der Waals surface area contributed by atoms with Crippen molar-refractivity contribution >= 4 is 15.9 Å². The van der Waals surface area contributed by atoms with Crippen LogP contribution in [0.4, 0.5) is 4.39 Å². The first-order valence-corrected chi connectivity index (χ1v) is 11.1. The molecule has 30 heavy (non-hydrogen) atoms. The molecular formula is C21H25FN2O5S. The van der Waals surface area contributed by atoms with E-state index in [9.17, 15) is 17.6 Å². The summed E-state index contributed by atoms with van der Waals surface area (Å²) in [4.78, 5) is 12.5. The number of carbonyl (C=O) groups is 1. The second kappa shape index (κ2) is 9.90. The molecule has 0 radical (unpaired) electrons. The predicted molar refractivity (Wildman–Crippen MR) is 109 cm³/mol. The fourth-order valence-electron chi connectivity index (χ4n) is 3.29. The van der Waals surface area contributed by atoms with E-state index in [4.69, 9.17) is 9.47 Å². The SMILES string of the molecule is COc1ccc(OCCNC(=O)C2CCCN(S(=O)(=O)c3ccc(F)cc3)C2)cc1. The molecule has 1 atom stereocenters. The van der Waals surface area contributed by atoms with Crippen LogP contribution in [0.25, 0.3) is 0 Å². The number of hydrogen-bond acceptors (Lipinski definition) is 5. The molecule has 3 rings (SSSR count). The number of amides is 1. The Morgan fingerprint density at radius 1 is 1.13 bits per heavy atom. The number of methoxy groups -OCH3 is 1. The fraction of sp³-hybridized carbons (Fsp3) is 0.381. The van der Waals surface area contributed by atoms with E-state index >= 15 is 0 Å². The van der Waals surface area contributed by atoms with Crippen molar-refractivity contribution in [2.24, 2.45) is 5.92 Å². The van der Waals surface area contributed by atoms with E-state index in [1.165, 1.54) is 16.4 Å². The molecule has 1 aliphatic rings. The summed E-state index contributed by atoms with van der Waals surface area (Å²) in [5, 5.41) is 2.80. The zero-order valence-electron chi connectivity index (χ0n) is 16.7. The van der Waals surface area contributed by atoms with Gasteiger partial charge in [-0.15, -0.1) is 0 Å². The molecule has 0 aliphatic carbocycles. The number of piperidine rings is 1. The lowest BCUT2D eigenvalue weighted by Crippen LogP contribution is -2.45. The van der Waals surface area contributed by atoms with Crippen LogP contribution < -0.4 is 14.8 Å². The van der Waals surface area contributed by atoms with Gasteiger partial charge in [-0.25, -0.2) is 12.8 Å². The van der Waals surface area contributed by atoms with Gasteiger partial charge in [0, 0.05) is 13.1 Å². The minimum atomic E-state index is -3.76. The standard InChI is InChI=1S/C21H25FN2O5S/c1-28-18-6-8-19(9-7-18)29-14-12-23-21(25)16-3-2-13-24(15-16)30(26,27)20-10-4-17(22)5-11-20/h4-11,16H,2-3,12-15H2,1H3,(H,23,25). The summed E-state index contributed by atoms with van der Waals surface area (Å²) in [5.74, 6) is 0.261. The normalized spacial score (nSPS) is 17.3. The highest BCUT2D eigenvalue weighted by Gasteiger charge is 2.33. The third-order valence-electron chi connectivity index (χ3n) is 4.94. The van der Waals surface area contributed by atoms with E-state index in [2.05, 4.69) is 5.32 Å². The molecular weight excluding hydrogens is 411 g/mol. The van der Waals surface area contributed by atoms with Crippen molar-refractivity contribution in [2.75, 3.05) is 33.4 Å². The maximum absolute atomic E-state index is 13.1. The van der Waals surface area contributed by atoms with E-state index in [0.29, 0.717) is 38.3 Å². The summed E-state index contributed by atoms with van der Waals surface area (Å²) in [6.07, 6.45) is 1.20. The van der Waals surface area contributed by atoms with Crippen LogP contribution in [0.3, 0.4) is 0 Å². The zero-order valence-corrected chi connectivity index (χ0v) is 17.5. The molecule has 2 aromatic carbocycles. The lowest BCUT2D eigenvalue weighted by molar-refractivity contribution is -0.126. The van der Waals surface area contributed by atoms with Crippen LogP contribution in [-0.2, 0) is 14.8 Å². The third-order valence-corrected chi connectivity index (χ3v) is 6.82. The molecule has 2 aromatic rings. The Balaban J connectivity index is 1.49. The van der Waals surface area contributed by atoms with E-state index in [1.54, 1.807) is 31.4 Å². The van der Waals surface area contributed by atoms with E-state index in [1.807, 2.05) is 0 Å². The van der Waals surface area contributed by atoms with Crippen molar-refractivity contribution in [3.05, 3.63) is 54.3 Å². The maximum atomic E-state index is 13.1. The quantitative estimate of drug-likeness (QED) is 0.643. The average Bonchev–Trinajstić information content (AvgIpc) is 2.77. The lowest BCUT2D eigenvalue weighted by Gasteiger charge is -2.31. The van der Waals surface area contributed by atoms with Gasteiger partial charge in [-0.2, -0.15) is 4.31 Å². The molecule has 1 aliphatic heterocycles. The van der Waals surface area contributed by atoms with Gasteiger partial charge in [-0.05, 0) is 61.4 Å². The van der Waals surface area contributed by atoms with Crippen LogP contribution in [0.15, 0.2) is 53.4 Å². The minimum absolute atomic E-state index is 0.0258. The second-order valence-electron chi connectivity index (χ2n) is 6.97. The van der Waals surface area contributed by atoms with E-state index in [-0.39, 0.29) is 17.3 Å². The maximum Gasteiger partial charge on any atom is 0.243 e. The molecule has 162 valence electrons. The molecule has 7 nitrogen and oxygen atoms in total. The van der Waals surface area contributed by atoms with Crippen molar-refractivity contribution in [1.29, 1.82) is 0 Å². The second-order valence-corrected chi connectivity index (χ2v) is 8.91. The molecule has 9 heteroatoms. The van der Waals surface area contributed by atoms with Gasteiger partial charge in [0.1, 0.15) is 23.9 Å². The topological polar surface area (TPSA) is 84.9 Å². The molecule has 1 saturated heterocycles. The first-order valence-electron chi connectivity index (χ1n) is 9.70. The van der Waals surface area contributed by atoms with Crippen LogP contribution in [0.1, 0.15) is 12.8 Å². The summed E-state index contributed by atoms with van der Waals surface area (Å²) >= 11 is 0. The number of nitrogens with one attached hydrogen (secondary N) is 1. The first-order chi connectivity index (χ1) is 14.4. The Kier molecular flexibility index (Phi) is 7.28. The van der Waals surface area contributed by atoms with Gasteiger partial charge in [0.15, 0.2) is 0 Å². The van der Waals surface area contributed by atoms with Crippen molar-refractivity contribution in [3.8, 4) is 11.5 Å². The van der Waals surface area contributed by atoms with Gasteiger partial charge in [0.2, 0.25) is 15.9 Å². The average molecular weight is 437 g/mol. The molecule has 1 unspecified atom stereocenters. The van der Waals surface area contributed by atoms with E-state index < -0.39 is 21.8 Å². The number of rotatable bonds is 8. The van der Waals surface area contributed by atoms with Crippen molar-refractivity contribution in [3.63, 3.8) is 0 Å². The van der Waals surface area contributed by atoms with Gasteiger partial charge in [-0.3, -0.25) is 4.79 Å². The number of nitrogens with zero attached hydrogens (tertiary/aromatic N) is 1. The smallest absolute Gasteiger partial charge is 0.243 e. The lowest BCUT2D eigenvalue weighted by atomic mass is 9.99. The summed E-state index contributed by atoms with van der Waals surface area (Å²) in [5.41, 5.74) is 0. The summed E-state index contributed by atoms with van der Waals surface area (Å²) in [7, 11) is -2.17. The zero-order chi connectivity index (χ0) is 21.6. The predicted octanol–water partition coefficient (Wildman–Crippen LogP) is 2.43.